The van der Waals surface area contributed by atoms with Gasteiger partial charge in [-0.25, -0.2) is 8.42 Å². The van der Waals surface area contributed by atoms with Gasteiger partial charge in [0.1, 0.15) is 12.6 Å². The number of anilines is 1. The van der Waals surface area contributed by atoms with Gasteiger partial charge in [0.05, 0.1) is 26.9 Å². The second-order valence-electron chi connectivity index (χ2n) is 10.5. The van der Waals surface area contributed by atoms with E-state index in [0.29, 0.717) is 10.6 Å². The van der Waals surface area contributed by atoms with Gasteiger partial charge in [-0.15, -0.1) is 0 Å². The van der Waals surface area contributed by atoms with Crippen LogP contribution in [-0.2, 0) is 32.6 Å². The number of nitrogens with zero attached hydrogens (tertiary/aromatic N) is 3. The summed E-state index contributed by atoms with van der Waals surface area (Å²) in [5.41, 5.74) is 1.01. The molecule has 0 bridgehead atoms. The lowest BCUT2D eigenvalue weighted by Crippen LogP contribution is -2.54. The molecule has 1 fully saturated rings. The van der Waals surface area contributed by atoms with Gasteiger partial charge in [0.2, 0.25) is 21.8 Å². The van der Waals surface area contributed by atoms with E-state index in [-0.39, 0.29) is 41.3 Å². The molecule has 0 heterocycles. The second kappa shape index (κ2) is 14.2. The molecule has 2 amide bonds. The Balaban J connectivity index is 1.75. The number of nitro benzene ring substituents is 1. The number of benzene rings is 3. The van der Waals surface area contributed by atoms with Crippen molar-refractivity contribution >= 4 is 56.4 Å². The number of amides is 2. The van der Waals surface area contributed by atoms with Crippen LogP contribution in [-0.4, -0.2) is 54.9 Å². The van der Waals surface area contributed by atoms with E-state index < -0.39 is 33.4 Å². The molecule has 1 saturated carbocycles. The maximum absolute atomic E-state index is 14.2. The summed E-state index contributed by atoms with van der Waals surface area (Å²) in [5.74, 6) is -1.03. The van der Waals surface area contributed by atoms with Crippen LogP contribution >= 0.6 is 23.2 Å². The summed E-state index contributed by atoms with van der Waals surface area (Å²) in [7, 11) is -4.07. The summed E-state index contributed by atoms with van der Waals surface area (Å²) >= 11 is 12.4. The number of hydrogen-bond donors (Lipinski definition) is 1. The Kier molecular flexibility index (Phi) is 10.6. The van der Waals surface area contributed by atoms with Crippen molar-refractivity contribution in [1.29, 1.82) is 0 Å². The number of carbonyl (C=O) groups excluding carboxylic acids is 2. The van der Waals surface area contributed by atoms with E-state index in [0.717, 1.165) is 47.9 Å². The van der Waals surface area contributed by atoms with Crippen molar-refractivity contribution in [2.45, 2.75) is 50.7 Å². The van der Waals surface area contributed by atoms with Crippen LogP contribution in [0.1, 0.15) is 36.8 Å². The first-order chi connectivity index (χ1) is 20.4. The van der Waals surface area contributed by atoms with Gasteiger partial charge in [0.15, 0.2) is 0 Å². The fourth-order valence-corrected chi connectivity index (χ4v) is 6.29. The van der Waals surface area contributed by atoms with Gasteiger partial charge >= 0.3 is 0 Å². The van der Waals surface area contributed by atoms with Gasteiger partial charge in [-0.3, -0.25) is 24.0 Å². The molecule has 13 heteroatoms. The zero-order chi connectivity index (χ0) is 31.1. The zero-order valence-corrected chi connectivity index (χ0v) is 25.8. The van der Waals surface area contributed by atoms with E-state index in [1.165, 1.54) is 23.1 Å². The van der Waals surface area contributed by atoms with Gasteiger partial charge in [-0.1, -0.05) is 78.5 Å². The first kappa shape index (κ1) is 32.2. The molecule has 0 aromatic heterocycles. The molecule has 4 rings (SSSR count). The van der Waals surface area contributed by atoms with Crippen molar-refractivity contribution in [2.24, 2.45) is 0 Å². The van der Waals surface area contributed by atoms with E-state index in [2.05, 4.69) is 5.32 Å². The molecule has 0 aliphatic heterocycles. The summed E-state index contributed by atoms with van der Waals surface area (Å²) in [6, 6.07) is 18.1. The maximum Gasteiger partial charge on any atom is 0.271 e. The number of rotatable bonds is 12. The topological polar surface area (TPSA) is 130 Å². The van der Waals surface area contributed by atoms with Crippen LogP contribution in [0, 0.1) is 10.1 Å². The Bertz CT molecular complexity index is 1580. The van der Waals surface area contributed by atoms with E-state index >= 15 is 0 Å². The Morgan fingerprint density at radius 3 is 2.30 bits per heavy atom. The molecule has 10 nitrogen and oxygen atoms in total. The van der Waals surface area contributed by atoms with Gasteiger partial charge in [0, 0.05) is 31.1 Å². The third kappa shape index (κ3) is 8.68. The summed E-state index contributed by atoms with van der Waals surface area (Å²) in [5, 5.41) is 15.1. The molecule has 3 aromatic carbocycles. The number of non-ortho nitro benzene ring substituents is 1. The van der Waals surface area contributed by atoms with Gasteiger partial charge in [-0.05, 0) is 42.2 Å². The minimum Gasteiger partial charge on any atom is -0.352 e. The minimum atomic E-state index is -4.07. The summed E-state index contributed by atoms with van der Waals surface area (Å²) in [6.07, 6.45) is 4.73. The normalized spacial score (nSPS) is 14.2. The monoisotopic (exact) mass is 646 g/mol. The SMILES string of the molecule is CS(=O)(=O)N(CC(=O)N(Cc1ccc(Cl)c(Cl)c1)[C@@H](Cc1ccccc1)C(=O)NC1CCCC1)c1cccc([N+](=O)[O-])c1. The first-order valence-corrected chi connectivity index (χ1v) is 16.3. The van der Waals surface area contributed by atoms with E-state index in [1.54, 1.807) is 18.2 Å². The van der Waals surface area contributed by atoms with Gasteiger partial charge in [-0.2, -0.15) is 0 Å². The van der Waals surface area contributed by atoms with Crippen LogP contribution in [0.3, 0.4) is 0 Å². The van der Waals surface area contributed by atoms with Crippen LogP contribution in [0.4, 0.5) is 11.4 Å². The Labute approximate surface area is 260 Å². The smallest absolute Gasteiger partial charge is 0.271 e. The average Bonchev–Trinajstić information content (AvgIpc) is 3.48. The fraction of sp³-hybridized carbons (Fsp3) is 0.333. The van der Waals surface area contributed by atoms with Gasteiger partial charge < -0.3 is 10.2 Å². The van der Waals surface area contributed by atoms with Crippen molar-refractivity contribution < 1.29 is 22.9 Å². The zero-order valence-electron chi connectivity index (χ0n) is 23.5. The Hall–Kier alpha value is -3.67. The van der Waals surface area contributed by atoms with E-state index in [1.807, 2.05) is 30.3 Å². The number of nitrogens with one attached hydrogen (secondary N) is 1. The minimum absolute atomic E-state index is 0.0231. The molecule has 0 radical (unpaired) electrons. The molecule has 1 atom stereocenters. The van der Waals surface area contributed by atoms with Crippen molar-refractivity contribution in [3.63, 3.8) is 0 Å². The predicted octanol–water partition coefficient (Wildman–Crippen LogP) is 5.37. The number of carbonyl (C=O) groups is 2. The molecule has 0 saturated heterocycles. The first-order valence-electron chi connectivity index (χ1n) is 13.7. The lowest BCUT2D eigenvalue weighted by Gasteiger charge is -2.34. The molecule has 3 aromatic rings. The molecule has 1 N–H and O–H groups in total. The van der Waals surface area contributed by atoms with Crippen LogP contribution in [0.5, 0.6) is 0 Å². The van der Waals surface area contributed by atoms with E-state index in [9.17, 15) is 28.1 Å². The molecule has 1 aliphatic carbocycles. The second-order valence-corrected chi connectivity index (χ2v) is 13.2. The third-order valence-corrected chi connectivity index (χ3v) is 9.20. The van der Waals surface area contributed by atoms with Gasteiger partial charge in [0.25, 0.3) is 5.69 Å². The molecule has 0 spiro atoms. The highest BCUT2D eigenvalue weighted by Crippen LogP contribution is 2.27. The lowest BCUT2D eigenvalue weighted by molar-refractivity contribution is -0.384. The van der Waals surface area contributed by atoms with Crippen molar-refractivity contribution in [3.05, 3.63) is 104 Å². The standard InChI is InChI=1S/C30H32Cl2N4O6S/c1-43(41,42)35(24-12-7-13-25(18-24)36(39)40)20-29(37)34(19-22-14-15-26(31)27(32)16-22)28(17-21-8-3-2-4-9-21)30(38)33-23-10-5-6-11-23/h2-4,7-9,12-16,18,23,28H,5-6,10-11,17,19-20H2,1H3,(H,33,38)/t28-/m0/s1. The summed E-state index contributed by atoms with van der Waals surface area (Å²) in [6.45, 7) is -0.763. The molecule has 1 aliphatic rings. The highest BCUT2D eigenvalue weighted by Gasteiger charge is 2.34. The number of halogens is 2. The van der Waals surface area contributed by atoms with Crippen LogP contribution in [0.2, 0.25) is 10.0 Å². The Morgan fingerprint density at radius 1 is 0.977 bits per heavy atom. The number of hydrogen-bond acceptors (Lipinski definition) is 6. The molecular formula is C30H32Cl2N4O6S. The predicted molar refractivity (Wildman–Crippen MR) is 167 cm³/mol. The van der Waals surface area contributed by atoms with Crippen LogP contribution < -0.4 is 9.62 Å². The van der Waals surface area contributed by atoms with E-state index in [4.69, 9.17) is 23.2 Å². The maximum atomic E-state index is 14.2. The molecule has 0 unspecified atom stereocenters. The summed E-state index contributed by atoms with van der Waals surface area (Å²) < 4.78 is 26.6. The Morgan fingerprint density at radius 2 is 1.67 bits per heavy atom. The highest BCUT2D eigenvalue weighted by atomic mass is 35.5. The van der Waals surface area contributed by atoms with Crippen molar-refractivity contribution in [3.8, 4) is 0 Å². The average molecular weight is 648 g/mol. The largest absolute Gasteiger partial charge is 0.352 e. The van der Waals surface area contributed by atoms with Crippen molar-refractivity contribution in [1.82, 2.24) is 10.2 Å². The molecule has 228 valence electrons. The lowest BCUT2D eigenvalue weighted by atomic mass is 10.0. The summed E-state index contributed by atoms with van der Waals surface area (Å²) in [4.78, 5) is 40.1. The van der Waals surface area contributed by atoms with Crippen LogP contribution in [0.25, 0.3) is 0 Å². The number of sulfonamides is 1. The molecule has 43 heavy (non-hydrogen) atoms. The van der Waals surface area contributed by atoms with Crippen molar-refractivity contribution in [2.75, 3.05) is 17.1 Å². The quantitative estimate of drug-likeness (QED) is 0.208. The molecular weight excluding hydrogens is 615 g/mol. The number of nitro groups is 1. The third-order valence-electron chi connectivity index (χ3n) is 7.32. The van der Waals surface area contributed by atoms with Crippen LogP contribution in [0.15, 0.2) is 72.8 Å². The fourth-order valence-electron chi connectivity index (χ4n) is 5.13. The highest BCUT2D eigenvalue weighted by molar-refractivity contribution is 7.92.